The molecule has 1 aliphatic heterocycles. The van der Waals surface area contributed by atoms with Gasteiger partial charge in [0.2, 0.25) is 5.91 Å². The predicted octanol–water partition coefficient (Wildman–Crippen LogP) is 1.91. The van der Waals surface area contributed by atoms with E-state index in [4.69, 9.17) is 5.11 Å². The Hall–Kier alpha value is -1.40. The lowest BCUT2D eigenvalue weighted by Gasteiger charge is -2.20. The number of aliphatic carboxylic acids is 1. The van der Waals surface area contributed by atoms with Crippen LogP contribution in [0.15, 0.2) is 17.5 Å². The average Bonchev–Trinajstić information content (AvgIpc) is 2.79. The van der Waals surface area contributed by atoms with Crippen molar-refractivity contribution >= 4 is 23.2 Å². The van der Waals surface area contributed by atoms with Crippen LogP contribution in [0, 0.1) is 0 Å². The van der Waals surface area contributed by atoms with E-state index in [0.29, 0.717) is 0 Å². The first-order chi connectivity index (χ1) is 9.66. The fraction of sp³-hybridized carbons (Fsp3) is 0.571. The highest BCUT2D eigenvalue weighted by Gasteiger charge is 2.24. The van der Waals surface area contributed by atoms with Crippen molar-refractivity contribution < 1.29 is 14.7 Å². The smallest absolute Gasteiger partial charge is 0.305 e. The summed E-state index contributed by atoms with van der Waals surface area (Å²) in [5.74, 6) is -0.996. The lowest BCUT2D eigenvalue weighted by molar-refractivity contribution is -0.137. The molecular weight excluding hydrogens is 276 g/mol. The third-order valence-electron chi connectivity index (χ3n) is 3.46. The molecule has 2 rings (SSSR count). The van der Waals surface area contributed by atoms with Gasteiger partial charge in [-0.2, -0.15) is 0 Å². The lowest BCUT2D eigenvalue weighted by Crippen LogP contribution is -2.45. The Morgan fingerprint density at radius 3 is 3.00 bits per heavy atom. The number of nitrogens with one attached hydrogen (secondary N) is 2. The zero-order chi connectivity index (χ0) is 14.4. The van der Waals surface area contributed by atoms with Gasteiger partial charge in [-0.05, 0) is 30.8 Å². The Labute approximate surface area is 122 Å². The van der Waals surface area contributed by atoms with E-state index >= 15 is 0 Å². The first-order valence-corrected chi connectivity index (χ1v) is 7.83. The van der Waals surface area contributed by atoms with Crippen LogP contribution in [-0.2, 0) is 9.59 Å². The normalized spacial score (nSPS) is 20.9. The molecule has 1 fully saturated rings. The number of hydrogen-bond donors (Lipinski definition) is 3. The highest BCUT2D eigenvalue weighted by molar-refractivity contribution is 7.10. The van der Waals surface area contributed by atoms with E-state index in [1.807, 2.05) is 17.5 Å². The van der Waals surface area contributed by atoms with Crippen LogP contribution in [0.3, 0.4) is 0 Å². The summed E-state index contributed by atoms with van der Waals surface area (Å²) in [6, 6.07) is 3.09. The molecule has 20 heavy (non-hydrogen) atoms. The molecule has 5 nitrogen and oxygen atoms in total. The van der Waals surface area contributed by atoms with Gasteiger partial charge in [-0.1, -0.05) is 18.9 Å². The SMILES string of the molecule is O=C(O)CC(NC(=O)C1CCCCCN1)c1cccs1. The maximum absolute atomic E-state index is 12.3. The summed E-state index contributed by atoms with van der Waals surface area (Å²) >= 11 is 1.47. The Morgan fingerprint density at radius 2 is 2.30 bits per heavy atom. The Balaban J connectivity index is 1.99. The molecule has 1 amide bonds. The maximum Gasteiger partial charge on any atom is 0.305 e. The van der Waals surface area contributed by atoms with E-state index in [2.05, 4.69) is 10.6 Å². The van der Waals surface area contributed by atoms with Gasteiger partial charge < -0.3 is 15.7 Å². The monoisotopic (exact) mass is 296 g/mol. The van der Waals surface area contributed by atoms with Crippen LogP contribution in [0.2, 0.25) is 0 Å². The number of thiophene rings is 1. The zero-order valence-corrected chi connectivity index (χ0v) is 12.1. The molecule has 6 heteroatoms. The third kappa shape index (κ3) is 4.31. The highest BCUT2D eigenvalue weighted by Crippen LogP contribution is 2.22. The molecule has 0 aliphatic carbocycles. The molecule has 0 radical (unpaired) electrons. The summed E-state index contributed by atoms with van der Waals surface area (Å²) in [5.41, 5.74) is 0. The first-order valence-electron chi connectivity index (χ1n) is 6.96. The van der Waals surface area contributed by atoms with Crippen molar-refractivity contribution in [2.24, 2.45) is 0 Å². The molecule has 2 atom stereocenters. The highest BCUT2D eigenvalue weighted by atomic mass is 32.1. The lowest BCUT2D eigenvalue weighted by atomic mass is 10.1. The fourth-order valence-corrected chi connectivity index (χ4v) is 3.19. The minimum Gasteiger partial charge on any atom is -0.481 e. The second-order valence-corrected chi connectivity index (χ2v) is 6.01. The molecule has 1 saturated heterocycles. The zero-order valence-electron chi connectivity index (χ0n) is 11.3. The summed E-state index contributed by atoms with van der Waals surface area (Å²) in [6.07, 6.45) is 4.00. The molecule has 1 aliphatic rings. The summed E-state index contributed by atoms with van der Waals surface area (Å²) in [6.45, 7) is 0.848. The van der Waals surface area contributed by atoms with Gasteiger partial charge in [0.1, 0.15) is 0 Å². The number of carbonyl (C=O) groups is 2. The summed E-state index contributed by atoms with van der Waals surface area (Å²) in [5, 5.41) is 17.0. The van der Waals surface area contributed by atoms with Gasteiger partial charge in [0.25, 0.3) is 0 Å². The van der Waals surface area contributed by atoms with E-state index < -0.39 is 12.0 Å². The van der Waals surface area contributed by atoms with Gasteiger partial charge in [0.05, 0.1) is 18.5 Å². The van der Waals surface area contributed by atoms with E-state index in [9.17, 15) is 9.59 Å². The standard InChI is InChI=1S/C14H20N2O3S/c17-13(18)9-11(12-6-4-8-20-12)16-14(19)10-5-2-1-3-7-15-10/h4,6,8,10-11,15H,1-3,5,7,9H2,(H,16,19)(H,17,18). The molecule has 0 bridgehead atoms. The summed E-state index contributed by atoms with van der Waals surface area (Å²) in [7, 11) is 0. The van der Waals surface area contributed by atoms with Crippen LogP contribution >= 0.6 is 11.3 Å². The molecule has 0 saturated carbocycles. The summed E-state index contributed by atoms with van der Waals surface area (Å²) < 4.78 is 0. The van der Waals surface area contributed by atoms with Crippen LogP contribution in [0.4, 0.5) is 0 Å². The minimum atomic E-state index is -0.905. The van der Waals surface area contributed by atoms with Gasteiger partial charge in [-0.3, -0.25) is 9.59 Å². The van der Waals surface area contributed by atoms with Gasteiger partial charge in [-0.15, -0.1) is 11.3 Å². The topological polar surface area (TPSA) is 78.4 Å². The van der Waals surface area contributed by atoms with Crippen molar-refractivity contribution in [2.45, 2.75) is 44.2 Å². The Morgan fingerprint density at radius 1 is 1.45 bits per heavy atom. The maximum atomic E-state index is 12.3. The fourth-order valence-electron chi connectivity index (χ4n) is 2.41. The van der Waals surface area contributed by atoms with E-state index in [-0.39, 0.29) is 18.4 Å². The van der Waals surface area contributed by atoms with E-state index in [1.54, 1.807) is 0 Å². The van der Waals surface area contributed by atoms with Crippen molar-refractivity contribution in [2.75, 3.05) is 6.54 Å². The Kier molecular flexibility index (Phi) is 5.55. The molecule has 110 valence electrons. The van der Waals surface area contributed by atoms with Crippen LogP contribution in [0.1, 0.15) is 43.0 Å². The van der Waals surface area contributed by atoms with Crippen molar-refractivity contribution in [3.05, 3.63) is 22.4 Å². The van der Waals surface area contributed by atoms with Crippen molar-refractivity contribution in [3.8, 4) is 0 Å². The number of carboxylic acids is 1. The number of rotatable bonds is 5. The molecule has 2 unspecified atom stereocenters. The van der Waals surface area contributed by atoms with Crippen LogP contribution < -0.4 is 10.6 Å². The largest absolute Gasteiger partial charge is 0.481 e. The number of carbonyl (C=O) groups excluding carboxylic acids is 1. The minimum absolute atomic E-state index is 0.0844. The van der Waals surface area contributed by atoms with Gasteiger partial charge in [0.15, 0.2) is 0 Å². The Bertz CT molecular complexity index is 439. The molecule has 3 N–H and O–H groups in total. The predicted molar refractivity (Wildman–Crippen MR) is 77.7 cm³/mol. The average molecular weight is 296 g/mol. The quantitative estimate of drug-likeness (QED) is 0.775. The van der Waals surface area contributed by atoms with Gasteiger partial charge in [-0.25, -0.2) is 0 Å². The number of carboxylic acid groups (broad SMARTS) is 1. The molecule has 0 spiro atoms. The van der Waals surface area contributed by atoms with E-state index in [0.717, 1.165) is 37.1 Å². The van der Waals surface area contributed by atoms with Crippen molar-refractivity contribution in [1.29, 1.82) is 0 Å². The molecular formula is C14H20N2O3S. The third-order valence-corrected chi connectivity index (χ3v) is 4.44. The van der Waals surface area contributed by atoms with E-state index in [1.165, 1.54) is 11.3 Å². The summed E-state index contributed by atoms with van der Waals surface area (Å²) in [4.78, 5) is 24.1. The molecule has 1 aromatic heterocycles. The van der Waals surface area contributed by atoms with Crippen LogP contribution in [0.5, 0.6) is 0 Å². The number of amides is 1. The van der Waals surface area contributed by atoms with Crippen LogP contribution in [0.25, 0.3) is 0 Å². The van der Waals surface area contributed by atoms with Crippen molar-refractivity contribution in [1.82, 2.24) is 10.6 Å². The van der Waals surface area contributed by atoms with Crippen molar-refractivity contribution in [3.63, 3.8) is 0 Å². The number of hydrogen-bond acceptors (Lipinski definition) is 4. The second-order valence-electron chi connectivity index (χ2n) is 5.03. The molecule has 1 aromatic rings. The van der Waals surface area contributed by atoms with Crippen LogP contribution in [-0.4, -0.2) is 29.6 Å². The second kappa shape index (κ2) is 7.40. The first kappa shape index (κ1) is 15.0. The van der Waals surface area contributed by atoms with Gasteiger partial charge in [0, 0.05) is 4.88 Å². The molecule has 0 aromatic carbocycles. The van der Waals surface area contributed by atoms with Gasteiger partial charge >= 0.3 is 5.97 Å². The molecule has 2 heterocycles.